The normalized spacial score (nSPS) is 11.8. The summed E-state index contributed by atoms with van der Waals surface area (Å²) in [5, 5.41) is 9.43. The van der Waals surface area contributed by atoms with Gasteiger partial charge in [0.2, 0.25) is 17.8 Å². The molecule has 0 aliphatic carbocycles. The van der Waals surface area contributed by atoms with Crippen LogP contribution in [0, 0.1) is 0 Å². The molecule has 0 aliphatic rings. The number of carbonyl (C=O) groups excluding carboxylic acids is 2. The highest BCUT2D eigenvalue weighted by Gasteiger charge is 2.09. The van der Waals surface area contributed by atoms with E-state index < -0.39 is 0 Å². The standard InChI is InChI=1S/C16H22N6O2/c1-12(17)7-8-14(23)20-16-19-11-22(21-16)10-15(24)18-9-13-5-3-2-4-6-13/h2-6,11-12H,7-10,17H2,1H3,(H,18,24)(H,20,21,23). The molecule has 0 bridgehead atoms. The molecule has 8 heteroatoms. The summed E-state index contributed by atoms with van der Waals surface area (Å²) in [5.74, 6) is -0.197. The van der Waals surface area contributed by atoms with Crippen LogP contribution in [0.5, 0.6) is 0 Å². The SMILES string of the molecule is CC(N)CCC(=O)Nc1ncn(CC(=O)NCc2ccccc2)n1. The maximum absolute atomic E-state index is 11.9. The van der Waals surface area contributed by atoms with E-state index in [9.17, 15) is 9.59 Å². The summed E-state index contributed by atoms with van der Waals surface area (Å²) >= 11 is 0. The third-order valence-corrected chi connectivity index (χ3v) is 3.25. The molecule has 0 fully saturated rings. The minimum Gasteiger partial charge on any atom is -0.350 e. The van der Waals surface area contributed by atoms with Crippen LogP contribution in [0.3, 0.4) is 0 Å². The third kappa shape index (κ3) is 6.17. The molecule has 1 aromatic heterocycles. The minimum absolute atomic E-state index is 0.0328. The van der Waals surface area contributed by atoms with Crippen LogP contribution in [0.2, 0.25) is 0 Å². The predicted octanol–water partition coefficient (Wildman–Crippen LogP) is 0.660. The number of anilines is 1. The van der Waals surface area contributed by atoms with Gasteiger partial charge in [-0.05, 0) is 18.9 Å². The Morgan fingerprint density at radius 1 is 1.25 bits per heavy atom. The van der Waals surface area contributed by atoms with Gasteiger partial charge in [-0.15, -0.1) is 5.10 Å². The van der Waals surface area contributed by atoms with Crippen LogP contribution in [-0.4, -0.2) is 32.6 Å². The largest absolute Gasteiger partial charge is 0.350 e. The Morgan fingerprint density at radius 3 is 2.71 bits per heavy atom. The minimum atomic E-state index is -0.196. The summed E-state index contributed by atoms with van der Waals surface area (Å²) in [4.78, 5) is 27.5. The van der Waals surface area contributed by atoms with Gasteiger partial charge in [-0.1, -0.05) is 30.3 Å². The summed E-state index contributed by atoms with van der Waals surface area (Å²) < 4.78 is 1.38. The smallest absolute Gasteiger partial charge is 0.248 e. The Balaban J connectivity index is 1.76. The van der Waals surface area contributed by atoms with Crippen LogP contribution >= 0.6 is 0 Å². The second kappa shape index (κ2) is 8.78. The molecular weight excluding hydrogens is 308 g/mol. The number of rotatable bonds is 8. The van der Waals surface area contributed by atoms with Crippen molar-refractivity contribution in [3.63, 3.8) is 0 Å². The van der Waals surface area contributed by atoms with Gasteiger partial charge in [0.25, 0.3) is 0 Å². The second-order valence-corrected chi connectivity index (χ2v) is 5.59. The molecule has 1 atom stereocenters. The van der Waals surface area contributed by atoms with Crippen molar-refractivity contribution in [1.29, 1.82) is 0 Å². The maximum atomic E-state index is 11.9. The molecule has 2 aromatic rings. The highest BCUT2D eigenvalue weighted by Crippen LogP contribution is 2.01. The molecular formula is C16H22N6O2. The van der Waals surface area contributed by atoms with Gasteiger partial charge in [0.05, 0.1) is 0 Å². The fraction of sp³-hybridized carbons (Fsp3) is 0.375. The molecule has 8 nitrogen and oxygen atoms in total. The number of nitrogens with zero attached hydrogens (tertiary/aromatic N) is 3. The molecule has 0 radical (unpaired) electrons. The molecule has 1 aromatic carbocycles. The lowest BCUT2D eigenvalue weighted by atomic mass is 10.2. The zero-order chi connectivity index (χ0) is 17.4. The van der Waals surface area contributed by atoms with Crippen molar-refractivity contribution in [3.05, 3.63) is 42.2 Å². The van der Waals surface area contributed by atoms with Crippen molar-refractivity contribution in [2.75, 3.05) is 5.32 Å². The van der Waals surface area contributed by atoms with Crippen LogP contribution in [0.4, 0.5) is 5.95 Å². The van der Waals surface area contributed by atoms with Gasteiger partial charge < -0.3 is 11.1 Å². The van der Waals surface area contributed by atoms with Gasteiger partial charge in [0.1, 0.15) is 12.9 Å². The maximum Gasteiger partial charge on any atom is 0.248 e. The number of carbonyl (C=O) groups is 2. The van der Waals surface area contributed by atoms with E-state index in [1.54, 1.807) is 0 Å². The Morgan fingerprint density at radius 2 is 2.00 bits per heavy atom. The van der Waals surface area contributed by atoms with E-state index in [0.717, 1.165) is 5.56 Å². The molecule has 0 spiro atoms. The molecule has 2 amide bonds. The van der Waals surface area contributed by atoms with E-state index >= 15 is 0 Å². The molecule has 0 saturated heterocycles. The molecule has 24 heavy (non-hydrogen) atoms. The number of benzene rings is 1. The summed E-state index contributed by atoms with van der Waals surface area (Å²) in [6.07, 6.45) is 2.31. The highest BCUT2D eigenvalue weighted by molar-refractivity contribution is 5.88. The van der Waals surface area contributed by atoms with Crippen molar-refractivity contribution >= 4 is 17.8 Å². The highest BCUT2D eigenvalue weighted by atomic mass is 16.2. The number of amides is 2. The van der Waals surface area contributed by atoms with Gasteiger partial charge in [0.15, 0.2) is 0 Å². The fourth-order valence-electron chi connectivity index (χ4n) is 1.97. The zero-order valence-electron chi connectivity index (χ0n) is 13.6. The summed E-state index contributed by atoms with van der Waals surface area (Å²) in [6.45, 7) is 2.33. The van der Waals surface area contributed by atoms with Crippen molar-refractivity contribution in [3.8, 4) is 0 Å². The van der Waals surface area contributed by atoms with Crippen LogP contribution in [0.1, 0.15) is 25.3 Å². The fourth-order valence-corrected chi connectivity index (χ4v) is 1.97. The predicted molar refractivity (Wildman–Crippen MR) is 89.8 cm³/mol. The molecule has 0 saturated carbocycles. The Hall–Kier alpha value is -2.74. The third-order valence-electron chi connectivity index (χ3n) is 3.25. The zero-order valence-corrected chi connectivity index (χ0v) is 13.6. The number of hydrogen-bond donors (Lipinski definition) is 3. The lowest BCUT2D eigenvalue weighted by molar-refractivity contribution is -0.122. The first-order valence-corrected chi connectivity index (χ1v) is 7.78. The molecule has 128 valence electrons. The first-order valence-electron chi connectivity index (χ1n) is 7.78. The van der Waals surface area contributed by atoms with Gasteiger partial charge in [-0.2, -0.15) is 0 Å². The van der Waals surface area contributed by atoms with Crippen LogP contribution < -0.4 is 16.4 Å². The van der Waals surface area contributed by atoms with Crippen molar-refractivity contribution in [2.24, 2.45) is 5.73 Å². The Labute approximate surface area is 140 Å². The van der Waals surface area contributed by atoms with E-state index in [0.29, 0.717) is 19.4 Å². The summed E-state index contributed by atoms with van der Waals surface area (Å²) in [7, 11) is 0. The second-order valence-electron chi connectivity index (χ2n) is 5.59. The molecule has 1 heterocycles. The van der Waals surface area contributed by atoms with Gasteiger partial charge in [-0.25, -0.2) is 9.67 Å². The quantitative estimate of drug-likeness (QED) is 0.658. The first-order chi connectivity index (χ1) is 11.5. The average Bonchev–Trinajstić information content (AvgIpc) is 2.99. The summed E-state index contributed by atoms with van der Waals surface area (Å²) in [5.41, 5.74) is 6.62. The van der Waals surface area contributed by atoms with Crippen LogP contribution in [0.15, 0.2) is 36.7 Å². The van der Waals surface area contributed by atoms with E-state index in [1.807, 2.05) is 37.3 Å². The molecule has 2 rings (SSSR count). The van der Waals surface area contributed by atoms with Crippen molar-refractivity contribution < 1.29 is 9.59 Å². The van der Waals surface area contributed by atoms with Crippen LogP contribution in [-0.2, 0) is 22.7 Å². The Bertz CT molecular complexity index is 668. The number of aromatic nitrogens is 3. The van der Waals surface area contributed by atoms with E-state index in [1.165, 1.54) is 11.0 Å². The monoisotopic (exact) mass is 330 g/mol. The lowest BCUT2D eigenvalue weighted by Gasteiger charge is -2.05. The Kier molecular flexibility index (Phi) is 6.44. The molecule has 1 unspecified atom stereocenters. The topological polar surface area (TPSA) is 115 Å². The van der Waals surface area contributed by atoms with Gasteiger partial charge >= 0.3 is 0 Å². The van der Waals surface area contributed by atoms with Crippen LogP contribution in [0.25, 0.3) is 0 Å². The molecule has 4 N–H and O–H groups in total. The first kappa shape index (κ1) is 17.6. The number of hydrogen-bond acceptors (Lipinski definition) is 5. The number of nitrogens with one attached hydrogen (secondary N) is 2. The summed E-state index contributed by atoms with van der Waals surface area (Å²) in [6, 6.07) is 9.59. The van der Waals surface area contributed by atoms with Crippen molar-refractivity contribution in [1.82, 2.24) is 20.1 Å². The number of nitrogens with two attached hydrogens (primary N) is 1. The van der Waals surface area contributed by atoms with Gasteiger partial charge in [0, 0.05) is 19.0 Å². The van der Waals surface area contributed by atoms with Gasteiger partial charge in [-0.3, -0.25) is 14.9 Å². The van der Waals surface area contributed by atoms with E-state index in [4.69, 9.17) is 5.73 Å². The van der Waals surface area contributed by atoms with Crippen molar-refractivity contribution in [2.45, 2.75) is 38.9 Å². The lowest BCUT2D eigenvalue weighted by Crippen LogP contribution is -2.27. The van der Waals surface area contributed by atoms with E-state index in [-0.39, 0.29) is 30.3 Å². The average molecular weight is 330 g/mol. The molecule has 0 aliphatic heterocycles. The van der Waals surface area contributed by atoms with E-state index in [2.05, 4.69) is 20.7 Å².